The maximum Gasteiger partial charge on any atom is 0.0727 e. The molecule has 0 spiro atoms. The molecule has 0 bridgehead atoms. The molecule has 0 aliphatic carbocycles. The molecule has 1 unspecified atom stereocenters. The van der Waals surface area contributed by atoms with Gasteiger partial charge in [0, 0.05) is 13.2 Å². The average molecular weight is 216 g/mol. The van der Waals surface area contributed by atoms with Crippen LogP contribution in [0.15, 0.2) is 0 Å². The smallest absolute Gasteiger partial charge is 0.0727 e. The Bertz CT molecular complexity index is 187. The Kier molecular flexibility index (Phi) is 5.37. The number of nitrogens with zero attached hydrogens (tertiary/aromatic N) is 1. The van der Waals surface area contributed by atoms with Crippen LogP contribution in [0.25, 0.3) is 0 Å². The molecule has 0 saturated carbocycles. The maximum absolute atomic E-state index is 8.97. The second kappa shape index (κ2) is 6.32. The minimum atomic E-state index is 0.337. The van der Waals surface area contributed by atoms with Gasteiger partial charge < -0.3 is 15.7 Å². The first-order valence-corrected chi connectivity index (χ1v) is 5.74. The summed E-state index contributed by atoms with van der Waals surface area (Å²) in [4.78, 5) is 3.04. The number of aliphatic hydroxyl groups is 1. The lowest BCUT2D eigenvalue weighted by Gasteiger charge is -2.14. The Labute approximate surface area is 91.3 Å². The zero-order chi connectivity index (χ0) is 10.4. The van der Waals surface area contributed by atoms with Crippen molar-refractivity contribution in [2.45, 2.75) is 25.7 Å². The zero-order valence-electron chi connectivity index (χ0n) is 8.61. The second-order valence-electron chi connectivity index (χ2n) is 4.06. The van der Waals surface area contributed by atoms with E-state index < -0.39 is 0 Å². The molecule has 1 saturated heterocycles. The summed E-state index contributed by atoms with van der Waals surface area (Å²) in [6.45, 7) is 3.66. The first-order valence-electron chi connectivity index (χ1n) is 5.34. The molecule has 0 aromatic rings. The molecule has 1 atom stereocenters. The second-order valence-corrected chi connectivity index (χ2v) is 4.59. The number of rotatable bonds is 6. The average Bonchev–Trinajstić information content (AvgIpc) is 2.60. The van der Waals surface area contributed by atoms with Crippen molar-refractivity contribution in [2.75, 3.05) is 26.2 Å². The standard InChI is InChI=1S/C10H20N2OS/c11-10(14)3-1-2-5-12-6-4-9(7-12)8-13/h9,13H,1-8H2,(H2,11,14). The molecule has 1 heterocycles. The maximum atomic E-state index is 8.97. The van der Waals surface area contributed by atoms with Gasteiger partial charge in [0.25, 0.3) is 0 Å². The minimum Gasteiger partial charge on any atom is -0.396 e. The summed E-state index contributed by atoms with van der Waals surface area (Å²) in [6, 6.07) is 0. The number of hydrogen-bond acceptors (Lipinski definition) is 3. The van der Waals surface area contributed by atoms with Crippen LogP contribution >= 0.6 is 12.2 Å². The van der Waals surface area contributed by atoms with Crippen molar-refractivity contribution in [3.05, 3.63) is 0 Å². The lowest BCUT2D eigenvalue weighted by Crippen LogP contribution is -2.23. The number of thiocarbonyl (C=S) groups is 1. The molecule has 3 nitrogen and oxygen atoms in total. The van der Waals surface area contributed by atoms with Crippen LogP contribution in [0.1, 0.15) is 25.7 Å². The monoisotopic (exact) mass is 216 g/mol. The van der Waals surface area contributed by atoms with Crippen molar-refractivity contribution in [1.29, 1.82) is 0 Å². The quantitative estimate of drug-likeness (QED) is 0.508. The molecule has 3 N–H and O–H groups in total. The molecular formula is C10H20N2OS. The molecule has 1 aliphatic rings. The van der Waals surface area contributed by atoms with E-state index in [2.05, 4.69) is 4.90 Å². The van der Waals surface area contributed by atoms with Crippen molar-refractivity contribution in [3.63, 3.8) is 0 Å². The van der Waals surface area contributed by atoms with Crippen molar-refractivity contribution in [3.8, 4) is 0 Å². The number of unbranched alkanes of at least 4 members (excludes halogenated alkanes) is 1. The van der Waals surface area contributed by atoms with E-state index >= 15 is 0 Å². The van der Waals surface area contributed by atoms with Crippen molar-refractivity contribution in [1.82, 2.24) is 4.90 Å². The predicted octanol–water partition coefficient (Wildman–Crippen LogP) is 0.757. The molecule has 1 aliphatic heterocycles. The Hall–Kier alpha value is -0.190. The highest BCUT2D eigenvalue weighted by Gasteiger charge is 2.20. The van der Waals surface area contributed by atoms with Crippen LogP contribution in [0, 0.1) is 5.92 Å². The van der Waals surface area contributed by atoms with E-state index in [1.165, 1.54) is 0 Å². The number of nitrogens with two attached hydrogens (primary N) is 1. The van der Waals surface area contributed by atoms with Gasteiger partial charge >= 0.3 is 0 Å². The van der Waals surface area contributed by atoms with Crippen LogP contribution in [0.2, 0.25) is 0 Å². The zero-order valence-corrected chi connectivity index (χ0v) is 9.43. The lowest BCUT2D eigenvalue weighted by molar-refractivity contribution is 0.221. The van der Waals surface area contributed by atoms with Crippen LogP contribution in [0.4, 0.5) is 0 Å². The van der Waals surface area contributed by atoms with Gasteiger partial charge in [0.05, 0.1) is 4.99 Å². The molecule has 0 radical (unpaired) electrons. The van der Waals surface area contributed by atoms with Crippen LogP contribution in [-0.4, -0.2) is 41.2 Å². The van der Waals surface area contributed by atoms with Crippen LogP contribution in [0.3, 0.4) is 0 Å². The Morgan fingerprint density at radius 1 is 1.50 bits per heavy atom. The predicted molar refractivity (Wildman–Crippen MR) is 62.3 cm³/mol. The molecule has 0 aromatic carbocycles. The molecule has 1 fully saturated rings. The van der Waals surface area contributed by atoms with Gasteiger partial charge in [-0.3, -0.25) is 0 Å². The van der Waals surface area contributed by atoms with Crippen LogP contribution in [-0.2, 0) is 0 Å². The molecule has 4 heteroatoms. The van der Waals surface area contributed by atoms with Crippen LogP contribution < -0.4 is 5.73 Å². The summed E-state index contributed by atoms with van der Waals surface area (Å²) >= 11 is 4.81. The normalized spacial score (nSPS) is 22.8. The molecule has 0 aromatic heterocycles. The van der Waals surface area contributed by atoms with Crippen molar-refractivity contribution < 1.29 is 5.11 Å². The molecule has 82 valence electrons. The molecular weight excluding hydrogens is 196 g/mol. The first kappa shape index (κ1) is 11.9. The summed E-state index contributed by atoms with van der Waals surface area (Å²) in [5.74, 6) is 0.505. The largest absolute Gasteiger partial charge is 0.396 e. The SMILES string of the molecule is NC(=S)CCCCN1CCC(CO)C1. The summed E-state index contributed by atoms with van der Waals surface area (Å²) in [7, 11) is 0. The fourth-order valence-corrected chi connectivity index (χ4v) is 2.04. The van der Waals surface area contributed by atoms with E-state index in [4.69, 9.17) is 23.1 Å². The van der Waals surface area contributed by atoms with E-state index in [1.54, 1.807) is 0 Å². The lowest BCUT2D eigenvalue weighted by atomic mass is 10.1. The molecule has 14 heavy (non-hydrogen) atoms. The van der Waals surface area contributed by atoms with E-state index in [1.807, 2.05) is 0 Å². The number of likely N-dealkylation sites (tertiary alicyclic amines) is 1. The van der Waals surface area contributed by atoms with Crippen molar-refractivity contribution in [2.24, 2.45) is 11.7 Å². The third-order valence-corrected chi connectivity index (χ3v) is 2.98. The van der Waals surface area contributed by atoms with E-state index in [0.717, 1.165) is 45.3 Å². The number of aliphatic hydroxyl groups excluding tert-OH is 1. The third-order valence-electron chi connectivity index (χ3n) is 2.78. The summed E-state index contributed by atoms with van der Waals surface area (Å²) in [5, 5.41) is 8.97. The van der Waals surface area contributed by atoms with E-state index in [9.17, 15) is 0 Å². The highest BCUT2D eigenvalue weighted by atomic mass is 32.1. The fraction of sp³-hybridized carbons (Fsp3) is 0.900. The van der Waals surface area contributed by atoms with Gasteiger partial charge in [-0.1, -0.05) is 12.2 Å². The van der Waals surface area contributed by atoms with Crippen molar-refractivity contribution >= 4 is 17.2 Å². The third kappa shape index (κ3) is 4.35. The van der Waals surface area contributed by atoms with Gasteiger partial charge in [-0.15, -0.1) is 0 Å². The summed E-state index contributed by atoms with van der Waals surface area (Å²) in [5.41, 5.74) is 5.42. The minimum absolute atomic E-state index is 0.337. The number of hydrogen-bond donors (Lipinski definition) is 2. The Morgan fingerprint density at radius 2 is 2.29 bits per heavy atom. The highest BCUT2D eigenvalue weighted by Crippen LogP contribution is 2.15. The molecule has 0 amide bonds. The summed E-state index contributed by atoms with van der Waals surface area (Å²) in [6.07, 6.45) is 4.27. The van der Waals surface area contributed by atoms with Gasteiger partial charge in [0.15, 0.2) is 0 Å². The first-order chi connectivity index (χ1) is 6.72. The van der Waals surface area contributed by atoms with Gasteiger partial charge in [0.1, 0.15) is 0 Å². The van der Waals surface area contributed by atoms with E-state index in [0.29, 0.717) is 17.5 Å². The topological polar surface area (TPSA) is 49.5 Å². The fourth-order valence-electron chi connectivity index (χ4n) is 1.90. The van der Waals surface area contributed by atoms with Gasteiger partial charge in [0.2, 0.25) is 0 Å². The Morgan fingerprint density at radius 3 is 2.86 bits per heavy atom. The van der Waals surface area contributed by atoms with Crippen LogP contribution in [0.5, 0.6) is 0 Å². The van der Waals surface area contributed by atoms with E-state index in [-0.39, 0.29) is 0 Å². The molecule has 1 rings (SSSR count). The Balaban J connectivity index is 2.00. The highest BCUT2D eigenvalue weighted by molar-refractivity contribution is 7.80. The summed E-state index contributed by atoms with van der Waals surface area (Å²) < 4.78 is 0. The van der Waals surface area contributed by atoms with Gasteiger partial charge in [-0.05, 0) is 44.7 Å². The van der Waals surface area contributed by atoms with Gasteiger partial charge in [-0.25, -0.2) is 0 Å². The van der Waals surface area contributed by atoms with Gasteiger partial charge in [-0.2, -0.15) is 0 Å².